The van der Waals surface area contributed by atoms with Crippen molar-refractivity contribution in [3.8, 4) is 0 Å². The number of benzene rings is 2. The van der Waals surface area contributed by atoms with Crippen LogP contribution in [0.15, 0.2) is 60.7 Å². The Kier molecular flexibility index (Phi) is 15.7. The molecule has 0 bridgehead atoms. The Morgan fingerprint density at radius 3 is 1.69 bits per heavy atom. The van der Waals surface area contributed by atoms with E-state index in [1.165, 1.54) is 15.6 Å². The number of allylic oxidation sites excluding steroid dienone is 2. The second-order valence-electron chi connectivity index (χ2n) is 7.82. The van der Waals surface area contributed by atoms with Gasteiger partial charge in [0.15, 0.2) is 0 Å². The van der Waals surface area contributed by atoms with Gasteiger partial charge in [0.05, 0.1) is 0 Å². The van der Waals surface area contributed by atoms with Crippen molar-refractivity contribution in [2.45, 2.75) is 46.9 Å². The van der Waals surface area contributed by atoms with Gasteiger partial charge < -0.3 is 10.6 Å². The fraction of sp³-hybridized carbons (Fsp3) is 0.429. The largest absolute Gasteiger partial charge is 2.00 e. The van der Waals surface area contributed by atoms with Gasteiger partial charge in [0, 0.05) is 0 Å². The van der Waals surface area contributed by atoms with Crippen LogP contribution in [0.25, 0.3) is 22.8 Å². The van der Waals surface area contributed by atoms with Gasteiger partial charge in [-0.25, -0.2) is 0 Å². The Balaban J connectivity index is 0.000000396. The normalized spacial score (nSPS) is 16.9. The SMILES string of the molecule is CC[N-]CC.CC[N-]CC.[CH3][Sn]([CH2]C1C=Cc2ccccc21)[CH]1C=Cc2ccccc21.[Zr+2]. The summed E-state index contributed by atoms with van der Waals surface area (Å²) in [4.78, 5) is 2.59. The van der Waals surface area contributed by atoms with Crippen LogP contribution >= 0.6 is 0 Å². The fourth-order valence-corrected chi connectivity index (χ4v) is 11.3. The maximum absolute atomic E-state index is 3.97. The molecule has 0 amide bonds. The molecular formula is C28H39N2SnZr. The van der Waals surface area contributed by atoms with E-state index < -0.39 is 19.8 Å². The summed E-state index contributed by atoms with van der Waals surface area (Å²) >= 11 is -1.47. The molecule has 0 saturated heterocycles. The Morgan fingerprint density at radius 1 is 0.688 bits per heavy atom. The molecule has 0 aromatic heterocycles. The molecule has 4 heteroatoms. The predicted molar refractivity (Wildman–Crippen MR) is 142 cm³/mol. The van der Waals surface area contributed by atoms with Crippen LogP contribution in [0.2, 0.25) is 9.38 Å². The van der Waals surface area contributed by atoms with E-state index in [1.54, 1.807) is 11.1 Å². The Morgan fingerprint density at radius 2 is 1.16 bits per heavy atom. The zero-order valence-electron chi connectivity index (χ0n) is 20.5. The van der Waals surface area contributed by atoms with Crippen LogP contribution in [0, 0.1) is 0 Å². The smallest absolute Gasteiger partial charge is 2.00 e. The maximum Gasteiger partial charge on any atom is 2.00 e. The molecule has 1 radical (unpaired) electrons. The van der Waals surface area contributed by atoms with E-state index in [0.717, 1.165) is 30.1 Å². The summed E-state index contributed by atoms with van der Waals surface area (Å²) in [6, 6.07) is 17.8. The van der Waals surface area contributed by atoms with Crippen molar-refractivity contribution in [1.82, 2.24) is 0 Å². The van der Waals surface area contributed by atoms with Crippen molar-refractivity contribution in [2.24, 2.45) is 0 Å². The Labute approximate surface area is 223 Å². The summed E-state index contributed by atoms with van der Waals surface area (Å²) in [5.41, 5.74) is 6.02. The molecule has 2 aliphatic rings. The minimum absolute atomic E-state index is 0. The Bertz CT molecular complexity index is 824. The quantitative estimate of drug-likeness (QED) is 0.283. The van der Waals surface area contributed by atoms with Gasteiger partial charge in [0.2, 0.25) is 0 Å². The van der Waals surface area contributed by atoms with Gasteiger partial charge in [-0.15, -0.1) is 0 Å². The van der Waals surface area contributed by atoms with E-state index in [-0.39, 0.29) is 26.2 Å². The number of nitrogens with zero attached hydrogens (tertiary/aromatic N) is 2. The van der Waals surface area contributed by atoms with E-state index in [2.05, 4.69) is 88.4 Å². The van der Waals surface area contributed by atoms with E-state index in [0.29, 0.717) is 5.92 Å². The zero-order valence-corrected chi connectivity index (χ0v) is 25.8. The molecule has 2 aromatic rings. The van der Waals surface area contributed by atoms with Crippen LogP contribution in [-0.4, -0.2) is 45.9 Å². The number of fused-ring (bicyclic) bond motifs is 2. The molecule has 0 N–H and O–H groups in total. The molecule has 0 spiro atoms. The first kappa shape index (κ1) is 29.6. The van der Waals surface area contributed by atoms with Gasteiger partial charge in [-0.2, -0.15) is 26.2 Å². The standard InChI is InChI=1S/C10H9.C9H7.2C4H10N.CH3.Sn.Zr/c1-8-6-7-9-4-2-3-5-10(8)9;1-2-5-9-7-3-6-8(9)4-1;2*1-3-5-4-2;;;/h2-8H,1H2;1-7H;2*3-4H2,1-2H3;1H3;;/q;;2*-1;;;+2. The molecule has 0 fully saturated rings. The molecule has 2 aromatic carbocycles. The van der Waals surface area contributed by atoms with Crippen LogP contribution in [-0.2, 0) is 26.2 Å². The molecule has 2 atom stereocenters. The first-order chi connectivity index (χ1) is 15.2. The zero-order chi connectivity index (χ0) is 22.5. The van der Waals surface area contributed by atoms with Gasteiger partial charge in [-0.05, 0) is 0 Å². The molecule has 169 valence electrons. The first-order valence-electron chi connectivity index (χ1n) is 11.8. The average Bonchev–Trinajstić information content (AvgIpc) is 3.40. The summed E-state index contributed by atoms with van der Waals surface area (Å²) in [7, 11) is 0. The van der Waals surface area contributed by atoms with Crippen LogP contribution < -0.4 is 0 Å². The van der Waals surface area contributed by atoms with Gasteiger partial charge in [0.1, 0.15) is 0 Å². The molecule has 2 unspecified atom stereocenters. The second kappa shape index (κ2) is 17.0. The third kappa shape index (κ3) is 9.05. The van der Waals surface area contributed by atoms with Crippen molar-refractivity contribution in [3.05, 3.63) is 93.6 Å². The summed E-state index contributed by atoms with van der Waals surface area (Å²) < 4.78 is 2.18. The summed E-state index contributed by atoms with van der Waals surface area (Å²) in [5.74, 6) is 0.668. The number of hydrogen-bond acceptors (Lipinski definition) is 0. The molecule has 2 aliphatic carbocycles. The van der Waals surface area contributed by atoms with Crippen molar-refractivity contribution < 1.29 is 26.2 Å². The minimum Gasteiger partial charge on any atom is 2.00 e. The molecule has 32 heavy (non-hydrogen) atoms. The molecular weight excluding hydrogens is 574 g/mol. The van der Waals surface area contributed by atoms with Crippen LogP contribution in [0.4, 0.5) is 0 Å². The van der Waals surface area contributed by atoms with Gasteiger partial charge in [-0.1, -0.05) is 27.7 Å². The van der Waals surface area contributed by atoms with Gasteiger partial charge in [-0.3, -0.25) is 0 Å². The molecule has 4 rings (SSSR count). The summed E-state index contributed by atoms with van der Waals surface area (Å²) in [5, 5.41) is 7.94. The second-order valence-corrected chi connectivity index (χ2v) is 15.6. The van der Waals surface area contributed by atoms with Crippen LogP contribution in [0.5, 0.6) is 0 Å². The first-order valence-corrected chi connectivity index (χ1v) is 18.3. The van der Waals surface area contributed by atoms with Crippen molar-refractivity contribution in [3.63, 3.8) is 0 Å². The van der Waals surface area contributed by atoms with E-state index in [4.69, 9.17) is 0 Å². The van der Waals surface area contributed by atoms with E-state index in [9.17, 15) is 0 Å². The molecule has 0 aliphatic heterocycles. The van der Waals surface area contributed by atoms with Crippen molar-refractivity contribution in [1.29, 1.82) is 0 Å². The van der Waals surface area contributed by atoms with Crippen molar-refractivity contribution in [2.75, 3.05) is 26.2 Å². The molecule has 0 saturated carbocycles. The topological polar surface area (TPSA) is 28.2 Å². The minimum atomic E-state index is -1.47. The third-order valence-electron chi connectivity index (χ3n) is 5.67. The average molecular weight is 614 g/mol. The van der Waals surface area contributed by atoms with Crippen LogP contribution in [0.3, 0.4) is 0 Å². The van der Waals surface area contributed by atoms with E-state index in [1.807, 2.05) is 27.7 Å². The summed E-state index contributed by atoms with van der Waals surface area (Å²) in [6.07, 6.45) is 9.56. The number of rotatable bonds is 7. The monoisotopic (exact) mass is 613 g/mol. The third-order valence-corrected chi connectivity index (χ3v) is 13.2. The van der Waals surface area contributed by atoms with Gasteiger partial charge in [0.25, 0.3) is 0 Å². The molecule has 2 nitrogen and oxygen atoms in total. The molecule has 0 heterocycles. The number of hydrogen-bond donors (Lipinski definition) is 0. The Hall–Kier alpha value is -0.478. The van der Waals surface area contributed by atoms with Crippen molar-refractivity contribution >= 4 is 31.9 Å². The predicted octanol–water partition coefficient (Wildman–Crippen LogP) is 8.07. The fourth-order valence-electron chi connectivity index (χ4n) is 4.10. The van der Waals surface area contributed by atoms with Gasteiger partial charge >= 0.3 is 160 Å². The van der Waals surface area contributed by atoms with Crippen LogP contribution in [0.1, 0.15) is 59.8 Å². The maximum atomic E-state index is 3.97. The van der Waals surface area contributed by atoms with E-state index >= 15 is 0 Å². The summed E-state index contributed by atoms with van der Waals surface area (Å²) in [6.45, 7) is 12.1.